The van der Waals surface area contributed by atoms with E-state index in [1.54, 1.807) is 11.8 Å². The Hall–Kier alpha value is -1.65. The highest BCUT2D eigenvalue weighted by Gasteiger charge is 2.09. The van der Waals surface area contributed by atoms with Gasteiger partial charge in [0.2, 0.25) is 0 Å². The second kappa shape index (κ2) is 8.85. The third kappa shape index (κ3) is 4.91. The van der Waals surface area contributed by atoms with E-state index in [1.165, 1.54) is 5.56 Å². The monoisotopic (exact) mass is 343 g/mol. The quantitative estimate of drug-likeness (QED) is 0.555. The van der Waals surface area contributed by atoms with Crippen molar-refractivity contribution < 1.29 is 4.79 Å². The Morgan fingerprint density at radius 2 is 1.52 bits per heavy atom. The molecule has 0 N–H and O–H groups in total. The van der Waals surface area contributed by atoms with Crippen LogP contribution in [0.1, 0.15) is 35.3 Å². The van der Waals surface area contributed by atoms with Crippen LogP contribution < -0.4 is 0 Å². The molecule has 2 aromatic carbocycles. The fraction of sp³-hybridized carbons (Fsp3) is 0.263. The molecule has 0 radical (unpaired) electrons. The first-order chi connectivity index (χ1) is 11.2. The van der Waals surface area contributed by atoms with Crippen molar-refractivity contribution in [2.24, 2.45) is 0 Å². The van der Waals surface area contributed by atoms with Gasteiger partial charge < -0.3 is 4.90 Å². The fourth-order valence-corrected chi connectivity index (χ4v) is 3.59. The lowest BCUT2D eigenvalue weighted by molar-refractivity contribution is 0.103. The predicted octanol–water partition coefficient (Wildman–Crippen LogP) is 4.78. The minimum Gasteiger partial charge on any atom is -0.358 e. The molecular weight excluding hydrogens is 322 g/mol. The molecule has 0 aliphatic carbocycles. The zero-order valence-corrected chi connectivity index (χ0v) is 15.1. The highest BCUT2D eigenvalue weighted by molar-refractivity contribution is 8.22. The average molecular weight is 344 g/mol. The zero-order chi connectivity index (χ0) is 16.7. The van der Waals surface area contributed by atoms with Crippen LogP contribution in [-0.2, 0) is 5.75 Å². The number of carbonyl (C=O) groups excluding carboxylic acids is 1. The Kier molecular flexibility index (Phi) is 6.81. The molecule has 0 amide bonds. The second-order valence-electron chi connectivity index (χ2n) is 5.12. The third-order valence-corrected chi connectivity index (χ3v) is 5.23. The van der Waals surface area contributed by atoms with Gasteiger partial charge in [-0.25, -0.2) is 0 Å². The summed E-state index contributed by atoms with van der Waals surface area (Å²) >= 11 is 7.11. The van der Waals surface area contributed by atoms with Crippen molar-refractivity contribution in [3.8, 4) is 0 Å². The molecule has 120 valence electrons. The molecule has 23 heavy (non-hydrogen) atoms. The minimum atomic E-state index is 0.0588. The topological polar surface area (TPSA) is 20.3 Å². The minimum absolute atomic E-state index is 0.0588. The number of thioether (sulfide) groups is 1. The molecule has 2 rings (SSSR count). The molecule has 0 atom stereocenters. The number of hydrogen-bond acceptors (Lipinski definition) is 3. The Morgan fingerprint density at radius 3 is 2.09 bits per heavy atom. The molecule has 0 heterocycles. The molecule has 0 bridgehead atoms. The Balaban J connectivity index is 1.97. The first-order valence-electron chi connectivity index (χ1n) is 7.76. The van der Waals surface area contributed by atoms with Crippen molar-refractivity contribution in [3.63, 3.8) is 0 Å². The van der Waals surface area contributed by atoms with Gasteiger partial charge in [-0.15, -0.1) is 0 Å². The lowest BCUT2D eigenvalue weighted by Crippen LogP contribution is -2.26. The molecule has 0 unspecified atom stereocenters. The Labute approximate surface area is 147 Å². The smallest absolute Gasteiger partial charge is 0.193 e. The van der Waals surface area contributed by atoms with Crippen LogP contribution in [0.2, 0.25) is 0 Å². The van der Waals surface area contributed by atoms with Gasteiger partial charge >= 0.3 is 0 Å². The van der Waals surface area contributed by atoms with Gasteiger partial charge in [0.25, 0.3) is 0 Å². The first-order valence-corrected chi connectivity index (χ1v) is 9.15. The van der Waals surface area contributed by atoms with Crippen LogP contribution in [-0.4, -0.2) is 28.1 Å². The normalized spacial score (nSPS) is 10.3. The predicted molar refractivity (Wildman–Crippen MR) is 103 cm³/mol. The standard InChI is InChI=1S/C19H21NOS2/c1-3-20(4-2)19(22)23-14-15-10-12-17(13-11-15)18(21)16-8-6-5-7-9-16/h5-13H,3-4,14H2,1-2H3. The van der Waals surface area contributed by atoms with Gasteiger partial charge in [0.15, 0.2) is 5.78 Å². The van der Waals surface area contributed by atoms with Crippen LogP contribution in [0.4, 0.5) is 0 Å². The van der Waals surface area contributed by atoms with Crippen LogP contribution in [0.25, 0.3) is 0 Å². The Morgan fingerprint density at radius 1 is 0.957 bits per heavy atom. The van der Waals surface area contributed by atoms with E-state index in [0.717, 1.165) is 34.3 Å². The molecule has 4 heteroatoms. The van der Waals surface area contributed by atoms with Crippen molar-refractivity contribution in [1.82, 2.24) is 4.90 Å². The number of thiocarbonyl (C=S) groups is 1. The van der Waals surface area contributed by atoms with E-state index in [4.69, 9.17) is 12.2 Å². The summed E-state index contributed by atoms with van der Waals surface area (Å²) in [6, 6.07) is 17.2. The number of carbonyl (C=O) groups is 1. The van der Waals surface area contributed by atoms with E-state index in [0.29, 0.717) is 0 Å². The summed E-state index contributed by atoms with van der Waals surface area (Å²) in [6.07, 6.45) is 0. The van der Waals surface area contributed by atoms with Gasteiger partial charge in [-0.1, -0.05) is 78.6 Å². The number of hydrogen-bond donors (Lipinski definition) is 0. The van der Waals surface area contributed by atoms with E-state index >= 15 is 0 Å². The summed E-state index contributed by atoms with van der Waals surface area (Å²) in [7, 11) is 0. The van der Waals surface area contributed by atoms with E-state index in [9.17, 15) is 4.79 Å². The summed E-state index contributed by atoms with van der Waals surface area (Å²) in [5.41, 5.74) is 2.61. The molecule has 2 aromatic rings. The van der Waals surface area contributed by atoms with Gasteiger partial charge in [0.05, 0.1) is 0 Å². The molecule has 0 aliphatic rings. The molecule has 0 aromatic heterocycles. The second-order valence-corrected chi connectivity index (χ2v) is 6.73. The molecule has 0 fully saturated rings. The van der Waals surface area contributed by atoms with Crippen molar-refractivity contribution >= 4 is 34.1 Å². The zero-order valence-electron chi connectivity index (χ0n) is 13.5. The van der Waals surface area contributed by atoms with Gasteiger partial charge in [-0.2, -0.15) is 0 Å². The molecule has 0 saturated carbocycles. The van der Waals surface area contributed by atoms with Crippen molar-refractivity contribution in [3.05, 3.63) is 71.3 Å². The molecule has 2 nitrogen and oxygen atoms in total. The summed E-state index contributed by atoms with van der Waals surface area (Å²) < 4.78 is 0.930. The molecule has 0 spiro atoms. The first kappa shape index (κ1) is 17.7. The number of benzene rings is 2. The maximum absolute atomic E-state index is 12.4. The van der Waals surface area contributed by atoms with Crippen LogP contribution in [0.15, 0.2) is 54.6 Å². The van der Waals surface area contributed by atoms with Crippen molar-refractivity contribution in [2.75, 3.05) is 13.1 Å². The third-order valence-electron chi connectivity index (χ3n) is 3.64. The van der Waals surface area contributed by atoms with Crippen molar-refractivity contribution in [1.29, 1.82) is 0 Å². The van der Waals surface area contributed by atoms with Gasteiger partial charge in [-0.3, -0.25) is 4.79 Å². The summed E-state index contributed by atoms with van der Waals surface area (Å²) in [5.74, 6) is 0.887. The van der Waals surface area contributed by atoms with Crippen LogP contribution in [0, 0.1) is 0 Å². The van der Waals surface area contributed by atoms with E-state index in [2.05, 4.69) is 18.7 Å². The maximum atomic E-state index is 12.4. The highest BCUT2D eigenvalue weighted by atomic mass is 32.2. The van der Waals surface area contributed by atoms with Gasteiger partial charge in [-0.05, 0) is 19.4 Å². The summed E-state index contributed by atoms with van der Waals surface area (Å²) in [4.78, 5) is 14.5. The van der Waals surface area contributed by atoms with Gasteiger partial charge in [0, 0.05) is 30.0 Å². The van der Waals surface area contributed by atoms with E-state index in [1.807, 2.05) is 54.6 Å². The highest BCUT2D eigenvalue weighted by Crippen LogP contribution is 2.18. The molecule has 0 saturated heterocycles. The van der Waals surface area contributed by atoms with Gasteiger partial charge in [0.1, 0.15) is 4.32 Å². The number of ketones is 1. The SMILES string of the molecule is CCN(CC)C(=S)SCc1ccc(C(=O)c2ccccc2)cc1. The number of nitrogens with zero attached hydrogens (tertiary/aromatic N) is 1. The summed E-state index contributed by atoms with van der Waals surface area (Å²) in [6.45, 7) is 6.10. The lowest BCUT2D eigenvalue weighted by Gasteiger charge is -2.20. The van der Waals surface area contributed by atoms with E-state index < -0.39 is 0 Å². The lowest BCUT2D eigenvalue weighted by atomic mass is 10.0. The largest absolute Gasteiger partial charge is 0.358 e. The van der Waals surface area contributed by atoms with Crippen LogP contribution in [0.3, 0.4) is 0 Å². The molecular formula is C19H21NOS2. The number of rotatable bonds is 6. The van der Waals surface area contributed by atoms with Crippen LogP contribution >= 0.6 is 24.0 Å². The Bertz CT molecular complexity index is 649. The maximum Gasteiger partial charge on any atom is 0.193 e. The van der Waals surface area contributed by atoms with E-state index in [-0.39, 0.29) is 5.78 Å². The average Bonchev–Trinajstić information content (AvgIpc) is 2.61. The summed E-state index contributed by atoms with van der Waals surface area (Å²) in [5, 5.41) is 0. The van der Waals surface area contributed by atoms with Crippen LogP contribution in [0.5, 0.6) is 0 Å². The van der Waals surface area contributed by atoms with Crippen molar-refractivity contribution in [2.45, 2.75) is 19.6 Å². The molecule has 0 aliphatic heterocycles. The fourth-order valence-electron chi connectivity index (χ4n) is 2.23.